The van der Waals surface area contributed by atoms with Gasteiger partial charge in [0, 0.05) is 5.92 Å². The number of likely N-dealkylation sites (tertiary alicyclic amines) is 1. The van der Waals surface area contributed by atoms with E-state index in [-0.39, 0.29) is 13.0 Å². The molecule has 0 aliphatic carbocycles. The van der Waals surface area contributed by atoms with Crippen molar-refractivity contribution in [2.75, 3.05) is 6.61 Å². The van der Waals surface area contributed by atoms with Gasteiger partial charge < -0.3 is 9.47 Å². The first-order valence-electron chi connectivity index (χ1n) is 8.90. The van der Waals surface area contributed by atoms with Crippen molar-refractivity contribution < 1.29 is 23.9 Å². The van der Waals surface area contributed by atoms with E-state index in [1.54, 1.807) is 27.7 Å². The smallest absolute Gasteiger partial charge is 0.417 e. The summed E-state index contributed by atoms with van der Waals surface area (Å²) in [5.74, 6) is -1.42. The van der Waals surface area contributed by atoms with Gasteiger partial charge in [-0.1, -0.05) is 29.8 Å². The first-order valence-corrected chi connectivity index (χ1v) is 8.90. The van der Waals surface area contributed by atoms with Crippen LogP contribution in [0.2, 0.25) is 0 Å². The van der Waals surface area contributed by atoms with E-state index in [2.05, 4.69) is 0 Å². The molecule has 0 spiro atoms. The van der Waals surface area contributed by atoms with E-state index in [1.807, 2.05) is 31.2 Å². The molecule has 0 N–H and O–H groups in total. The summed E-state index contributed by atoms with van der Waals surface area (Å²) in [6.45, 7) is 9.02. The summed E-state index contributed by atoms with van der Waals surface area (Å²) in [6, 6.07) is 6.93. The number of benzene rings is 1. The van der Waals surface area contributed by atoms with Crippen molar-refractivity contribution in [2.24, 2.45) is 5.92 Å². The third-order valence-corrected chi connectivity index (χ3v) is 4.16. The van der Waals surface area contributed by atoms with Crippen LogP contribution in [0.5, 0.6) is 0 Å². The monoisotopic (exact) mass is 361 g/mol. The van der Waals surface area contributed by atoms with Crippen molar-refractivity contribution >= 4 is 18.0 Å². The molecule has 0 bridgehead atoms. The lowest BCUT2D eigenvalue weighted by atomic mass is 9.96. The molecule has 0 unspecified atom stereocenters. The molecule has 0 radical (unpaired) electrons. The third-order valence-electron chi connectivity index (χ3n) is 4.16. The molecule has 1 aromatic rings. The molecule has 6 nitrogen and oxygen atoms in total. The molecule has 1 aliphatic heterocycles. The molecule has 0 saturated carbocycles. The molecule has 1 saturated heterocycles. The summed E-state index contributed by atoms with van der Waals surface area (Å²) in [5.41, 5.74) is 1.36. The normalized spacial score (nSPS) is 20.2. The predicted octanol–water partition coefficient (Wildman–Crippen LogP) is 3.25. The number of hydrogen-bond donors (Lipinski definition) is 0. The van der Waals surface area contributed by atoms with Crippen LogP contribution in [0, 0.1) is 12.8 Å². The van der Waals surface area contributed by atoms with Crippen LogP contribution in [-0.4, -0.2) is 41.1 Å². The summed E-state index contributed by atoms with van der Waals surface area (Å²) in [7, 11) is 0. The van der Waals surface area contributed by atoms with Gasteiger partial charge >= 0.3 is 12.1 Å². The minimum absolute atomic E-state index is 0.189. The second-order valence-corrected chi connectivity index (χ2v) is 7.58. The van der Waals surface area contributed by atoms with Crippen molar-refractivity contribution in [2.45, 2.75) is 59.1 Å². The minimum Gasteiger partial charge on any atom is -0.464 e. The topological polar surface area (TPSA) is 72.9 Å². The van der Waals surface area contributed by atoms with Crippen LogP contribution in [-0.2, 0) is 25.5 Å². The first kappa shape index (κ1) is 19.9. The van der Waals surface area contributed by atoms with E-state index in [1.165, 1.54) is 0 Å². The molecule has 6 heteroatoms. The predicted molar refractivity (Wildman–Crippen MR) is 96.5 cm³/mol. The number of amides is 2. The molecular formula is C20H27NO5. The van der Waals surface area contributed by atoms with Gasteiger partial charge in [0.2, 0.25) is 5.91 Å². The first-order chi connectivity index (χ1) is 12.1. The largest absolute Gasteiger partial charge is 0.464 e. The molecule has 142 valence electrons. The van der Waals surface area contributed by atoms with Crippen LogP contribution in [0.3, 0.4) is 0 Å². The average Bonchev–Trinajstić information content (AvgIpc) is 2.85. The van der Waals surface area contributed by atoms with Gasteiger partial charge in [-0.25, -0.2) is 14.5 Å². The Morgan fingerprint density at radius 3 is 2.35 bits per heavy atom. The summed E-state index contributed by atoms with van der Waals surface area (Å²) < 4.78 is 10.4. The van der Waals surface area contributed by atoms with Crippen LogP contribution >= 0.6 is 0 Å². The number of rotatable bonds is 4. The molecule has 1 aliphatic rings. The summed E-state index contributed by atoms with van der Waals surface area (Å²) in [5, 5.41) is 0. The van der Waals surface area contributed by atoms with Crippen LogP contribution in [0.1, 0.15) is 45.2 Å². The zero-order valence-corrected chi connectivity index (χ0v) is 16.1. The van der Waals surface area contributed by atoms with Crippen LogP contribution in [0.4, 0.5) is 4.79 Å². The number of ether oxygens (including phenoxy) is 2. The Balaban J connectivity index is 2.22. The van der Waals surface area contributed by atoms with E-state index in [4.69, 9.17) is 9.47 Å². The van der Waals surface area contributed by atoms with Gasteiger partial charge in [0.1, 0.15) is 11.6 Å². The minimum atomic E-state index is -0.937. The molecule has 1 fully saturated rings. The summed E-state index contributed by atoms with van der Waals surface area (Å²) in [6.07, 6.45) is -0.0917. The molecule has 2 amide bonds. The van der Waals surface area contributed by atoms with Gasteiger partial charge in [0.05, 0.1) is 6.61 Å². The maximum Gasteiger partial charge on any atom is 0.417 e. The Bertz CT molecular complexity index is 674. The fourth-order valence-corrected chi connectivity index (χ4v) is 2.97. The van der Waals surface area contributed by atoms with Crippen molar-refractivity contribution in [1.29, 1.82) is 0 Å². The fourth-order valence-electron chi connectivity index (χ4n) is 2.97. The quantitative estimate of drug-likeness (QED) is 0.770. The van der Waals surface area contributed by atoms with Crippen LogP contribution in [0.25, 0.3) is 0 Å². The van der Waals surface area contributed by atoms with Crippen LogP contribution < -0.4 is 0 Å². The lowest BCUT2D eigenvalue weighted by Crippen LogP contribution is -2.46. The Morgan fingerprint density at radius 1 is 1.19 bits per heavy atom. The highest BCUT2D eigenvalue weighted by Crippen LogP contribution is 2.30. The van der Waals surface area contributed by atoms with Crippen LogP contribution in [0.15, 0.2) is 24.3 Å². The van der Waals surface area contributed by atoms with Gasteiger partial charge in [-0.15, -0.1) is 0 Å². The second kappa shape index (κ2) is 7.89. The Labute approximate surface area is 154 Å². The Hall–Kier alpha value is -2.37. The molecule has 0 aromatic heterocycles. The lowest BCUT2D eigenvalue weighted by Gasteiger charge is -2.26. The summed E-state index contributed by atoms with van der Waals surface area (Å²) in [4.78, 5) is 38.6. The SMILES string of the molecule is CCOC(=O)[C@@H]1C[C@@H](Cc2ccc(C)cc2)C(=O)N1C(=O)OC(C)(C)C. The highest BCUT2D eigenvalue weighted by molar-refractivity contribution is 6.00. The van der Waals surface area contributed by atoms with Crippen molar-refractivity contribution in [1.82, 2.24) is 4.90 Å². The second-order valence-electron chi connectivity index (χ2n) is 7.58. The molecule has 1 heterocycles. The average molecular weight is 361 g/mol. The van der Waals surface area contributed by atoms with E-state index < -0.39 is 35.5 Å². The Kier molecular flexibility index (Phi) is 6.05. The molecule has 26 heavy (non-hydrogen) atoms. The van der Waals surface area contributed by atoms with Gasteiger partial charge in [0.25, 0.3) is 0 Å². The Morgan fingerprint density at radius 2 is 1.81 bits per heavy atom. The van der Waals surface area contributed by atoms with E-state index in [9.17, 15) is 14.4 Å². The van der Waals surface area contributed by atoms with Crippen molar-refractivity contribution in [3.8, 4) is 0 Å². The van der Waals surface area contributed by atoms with Gasteiger partial charge in [-0.2, -0.15) is 0 Å². The standard InChI is InChI=1S/C20H27NO5/c1-6-25-18(23)16-12-15(11-14-9-7-13(2)8-10-14)17(22)21(16)19(24)26-20(3,4)5/h7-10,15-16H,6,11-12H2,1-5H3/t15-,16+/m1/s1. The number of hydrogen-bond acceptors (Lipinski definition) is 5. The highest BCUT2D eigenvalue weighted by Gasteiger charge is 2.48. The van der Waals surface area contributed by atoms with E-state index in [0.29, 0.717) is 6.42 Å². The number of imide groups is 1. The number of aryl methyl sites for hydroxylation is 1. The molecular weight excluding hydrogens is 334 g/mol. The van der Waals surface area contributed by atoms with Gasteiger partial charge in [0.15, 0.2) is 0 Å². The summed E-state index contributed by atoms with van der Waals surface area (Å²) >= 11 is 0. The fraction of sp³-hybridized carbons (Fsp3) is 0.550. The zero-order chi connectivity index (χ0) is 19.5. The maximum absolute atomic E-state index is 12.8. The molecule has 2 rings (SSSR count). The molecule has 2 atom stereocenters. The van der Waals surface area contributed by atoms with Crippen molar-refractivity contribution in [3.05, 3.63) is 35.4 Å². The number of nitrogens with zero attached hydrogens (tertiary/aromatic N) is 1. The number of carbonyl (C=O) groups excluding carboxylic acids is 3. The van der Waals surface area contributed by atoms with Crippen molar-refractivity contribution in [3.63, 3.8) is 0 Å². The number of carbonyl (C=O) groups is 3. The maximum atomic E-state index is 12.8. The van der Waals surface area contributed by atoms with Gasteiger partial charge in [-0.05, 0) is 53.0 Å². The lowest BCUT2D eigenvalue weighted by molar-refractivity contribution is -0.151. The third kappa shape index (κ3) is 4.84. The zero-order valence-electron chi connectivity index (χ0n) is 16.1. The molecule has 1 aromatic carbocycles. The highest BCUT2D eigenvalue weighted by atomic mass is 16.6. The van der Waals surface area contributed by atoms with E-state index >= 15 is 0 Å². The van der Waals surface area contributed by atoms with Gasteiger partial charge in [-0.3, -0.25) is 4.79 Å². The van der Waals surface area contributed by atoms with E-state index in [0.717, 1.165) is 16.0 Å². The number of esters is 1.